The predicted molar refractivity (Wildman–Crippen MR) is 147 cm³/mol. The number of halogens is 1. The van der Waals surface area contributed by atoms with E-state index in [-0.39, 0.29) is 17.3 Å². The largest absolute Gasteiger partial charge is 0.467 e. The molecule has 2 aromatic rings. The number of nitrogens with one attached hydrogen (secondary N) is 1. The van der Waals surface area contributed by atoms with Crippen molar-refractivity contribution in [2.24, 2.45) is 11.8 Å². The number of ether oxygens (including phenoxy) is 1. The van der Waals surface area contributed by atoms with Crippen LogP contribution in [0.1, 0.15) is 43.2 Å². The average Bonchev–Trinajstić information content (AvgIpc) is 3.15. The molecule has 2 atom stereocenters. The molecule has 1 N–H and O–H groups in total. The van der Waals surface area contributed by atoms with Crippen LogP contribution in [0.15, 0.2) is 48.5 Å². The Bertz CT molecular complexity index is 1090. The number of carbonyl (C=O) groups excluding carboxylic acids is 2. The minimum Gasteiger partial charge on any atom is -0.467 e. The van der Waals surface area contributed by atoms with Crippen LogP contribution in [0.25, 0.3) is 0 Å². The molecule has 0 amide bonds. The summed E-state index contributed by atoms with van der Waals surface area (Å²) in [5.41, 5.74) is 2.69. The molecule has 4 rings (SSSR count). The van der Waals surface area contributed by atoms with Crippen molar-refractivity contribution in [3.8, 4) is 0 Å². The molecule has 0 heterocycles. The Kier molecular flexibility index (Phi) is 7.98. The van der Waals surface area contributed by atoms with Crippen LogP contribution in [0.5, 0.6) is 0 Å². The summed E-state index contributed by atoms with van der Waals surface area (Å²) in [7, 11) is -0.255. The van der Waals surface area contributed by atoms with Crippen molar-refractivity contribution < 1.29 is 18.8 Å². The van der Waals surface area contributed by atoms with Crippen molar-refractivity contribution in [2.45, 2.75) is 69.1 Å². The Morgan fingerprint density at radius 3 is 2.50 bits per heavy atom. The van der Waals surface area contributed by atoms with Crippen LogP contribution < -0.4 is 5.32 Å². The fraction of sp³-hybridized carbons (Fsp3) is 0.517. The van der Waals surface area contributed by atoms with Crippen molar-refractivity contribution in [1.82, 2.24) is 0 Å². The third-order valence-electron chi connectivity index (χ3n) is 8.09. The highest BCUT2D eigenvalue weighted by Gasteiger charge is 2.54. The molecule has 194 valence electrons. The lowest BCUT2D eigenvalue weighted by atomic mass is 9.59. The van der Waals surface area contributed by atoms with Crippen molar-refractivity contribution in [3.05, 3.63) is 64.7 Å². The Balaban J connectivity index is 1.60. The number of aldehydes is 1. The van der Waals surface area contributed by atoms with Gasteiger partial charge in [0.05, 0.1) is 7.11 Å². The maximum Gasteiger partial charge on any atom is 0.331 e. The molecular weight excluding hydrogens is 490 g/mol. The SMILES string of the molecule is COC(=O)C1(Nc2cccc(Cl)c2)CCC2(CC1)c1ccccc1CC2CC(C=O)CO[Si](C)(C)C. The smallest absolute Gasteiger partial charge is 0.331 e. The maximum atomic E-state index is 13.1. The van der Waals surface area contributed by atoms with Gasteiger partial charge in [-0.25, -0.2) is 4.79 Å². The highest BCUT2D eigenvalue weighted by atomic mass is 35.5. The number of methoxy groups -OCH3 is 1. The van der Waals surface area contributed by atoms with Gasteiger partial charge < -0.3 is 19.3 Å². The number of carbonyl (C=O) groups is 2. The van der Waals surface area contributed by atoms with Gasteiger partial charge in [-0.2, -0.15) is 0 Å². The molecule has 7 heteroatoms. The van der Waals surface area contributed by atoms with E-state index in [4.69, 9.17) is 20.8 Å². The fourth-order valence-corrected chi connectivity index (χ4v) is 7.18. The lowest BCUT2D eigenvalue weighted by molar-refractivity contribution is -0.148. The molecule has 0 saturated heterocycles. The summed E-state index contributed by atoms with van der Waals surface area (Å²) in [4.78, 5) is 25.2. The number of fused-ring (bicyclic) bond motifs is 2. The lowest BCUT2D eigenvalue weighted by Gasteiger charge is -2.47. The van der Waals surface area contributed by atoms with Crippen molar-refractivity contribution in [1.29, 1.82) is 0 Å². The molecule has 2 aliphatic rings. The summed E-state index contributed by atoms with van der Waals surface area (Å²) in [6.45, 7) is 6.96. The standard InChI is InChI=1S/C29H38ClNO4Si/c1-34-27(33)29(31-25-10-7-9-24(30)18-25)14-12-28(13-15-29)23(17-22-8-5-6-11-26(22)28)16-21(19-32)20-35-36(2,3)4/h5-11,18-19,21,23,31H,12-17,20H2,1-4H3. The number of rotatable bonds is 9. The van der Waals surface area contributed by atoms with E-state index in [1.165, 1.54) is 18.2 Å². The molecule has 2 unspecified atom stereocenters. The Hall–Kier alpha value is -2.15. The Morgan fingerprint density at radius 1 is 1.14 bits per heavy atom. The van der Waals surface area contributed by atoms with Crippen LogP contribution >= 0.6 is 11.6 Å². The molecule has 0 aliphatic heterocycles. The average molecular weight is 528 g/mol. The predicted octanol–water partition coefficient (Wildman–Crippen LogP) is 6.40. The maximum absolute atomic E-state index is 13.1. The van der Waals surface area contributed by atoms with Crippen LogP contribution in [-0.2, 0) is 30.6 Å². The molecule has 0 aromatic heterocycles. The van der Waals surface area contributed by atoms with Gasteiger partial charge in [0.1, 0.15) is 11.8 Å². The number of hydrogen-bond donors (Lipinski definition) is 1. The van der Waals surface area contributed by atoms with E-state index in [0.29, 0.717) is 30.4 Å². The number of hydrogen-bond acceptors (Lipinski definition) is 5. The highest BCUT2D eigenvalue weighted by Crippen LogP contribution is 2.56. The number of esters is 1. The topological polar surface area (TPSA) is 64.6 Å². The van der Waals surface area contributed by atoms with Gasteiger partial charge in [-0.15, -0.1) is 0 Å². The molecule has 2 aromatic carbocycles. The number of benzene rings is 2. The van der Waals surface area contributed by atoms with Crippen LogP contribution in [0.4, 0.5) is 5.69 Å². The first-order valence-electron chi connectivity index (χ1n) is 12.9. The first-order valence-corrected chi connectivity index (χ1v) is 16.7. The Morgan fingerprint density at radius 2 is 1.86 bits per heavy atom. The van der Waals surface area contributed by atoms with E-state index in [0.717, 1.165) is 37.7 Å². The fourth-order valence-electron chi connectivity index (χ4n) is 6.28. The van der Waals surface area contributed by atoms with E-state index in [9.17, 15) is 9.59 Å². The van der Waals surface area contributed by atoms with Gasteiger partial charge in [0.15, 0.2) is 8.32 Å². The van der Waals surface area contributed by atoms with Crippen molar-refractivity contribution in [3.63, 3.8) is 0 Å². The molecule has 0 radical (unpaired) electrons. The summed E-state index contributed by atoms with van der Waals surface area (Å²) >= 11 is 6.22. The van der Waals surface area contributed by atoms with E-state index < -0.39 is 13.9 Å². The second-order valence-electron chi connectivity index (χ2n) is 11.5. The third-order valence-corrected chi connectivity index (χ3v) is 9.36. The molecule has 1 spiro atoms. The van der Waals surface area contributed by atoms with Gasteiger partial charge >= 0.3 is 5.97 Å². The van der Waals surface area contributed by atoms with Crippen LogP contribution in [0.3, 0.4) is 0 Å². The normalized spacial score (nSPS) is 26.3. The van der Waals surface area contributed by atoms with E-state index in [2.05, 4.69) is 49.2 Å². The molecule has 1 fully saturated rings. The van der Waals surface area contributed by atoms with E-state index >= 15 is 0 Å². The third kappa shape index (κ3) is 5.56. The molecule has 2 aliphatic carbocycles. The highest BCUT2D eigenvalue weighted by molar-refractivity contribution is 6.69. The molecule has 5 nitrogen and oxygen atoms in total. The van der Waals surface area contributed by atoms with Crippen LogP contribution in [0.2, 0.25) is 24.7 Å². The summed E-state index contributed by atoms with van der Waals surface area (Å²) in [6, 6.07) is 16.2. The monoisotopic (exact) mass is 527 g/mol. The summed E-state index contributed by atoms with van der Waals surface area (Å²) < 4.78 is 11.4. The lowest BCUT2D eigenvalue weighted by Crippen LogP contribution is -2.53. The molecule has 1 saturated carbocycles. The molecular formula is C29H38ClNO4Si. The van der Waals surface area contributed by atoms with Crippen molar-refractivity contribution in [2.75, 3.05) is 19.0 Å². The van der Waals surface area contributed by atoms with Gasteiger partial charge in [-0.05, 0) is 98.8 Å². The zero-order valence-corrected chi connectivity index (χ0v) is 23.6. The van der Waals surface area contributed by atoms with E-state index in [1.807, 2.05) is 24.3 Å². The summed E-state index contributed by atoms with van der Waals surface area (Å²) in [5, 5.41) is 4.11. The van der Waals surface area contributed by atoms with Gasteiger partial charge in [0.2, 0.25) is 0 Å². The quantitative estimate of drug-likeness (QED) is 0.232. The molecule has 0 bridgehead atoms. The van der Waals surface area contributed by atoms with Gasteiger partial charge in [-0.3, -0.25) is 0 Å². The van der Waals surface area contributed by atoms with Crippen LogP contribution in [0, 0.1) is 11.8 Å². The first kappa shape index (κ1) is 26.9. The zero-order valence-electron chi connectivity index (χ0n) is 21.8. The second-order valence-corrected chi connectivity index (χ2v) is 16.4. The minimum absolute atomic E-state index is 0.0649. The second kappa shape index (κ2) is 10.7. The Labute approximate surface area is 221 Å². The summed E-state index contributed by atoms with van der Waals surface area (Å²) in [6.07, 6.45) is 5.83. The van der Waals surface area contributed by atoms with Gasteiger partial charge in [0, 0.05) is 23.2 Å². The van der Waals surface area contributed by atoms with E-state index in [1.54, 1.807) is 0 Å². The minimum atomic E-state index is -1.71. The summed E-state index contributed by atoms with van der Waals surface area (Å²) in [5.74, 6) is -0.0311. The first-order chi connectivity index (χ1) is 17.1. The zero-order chi connectivity index (χ0) is 26.0. The van der Waals surface area contributed by atoms with Gasteiger partial charge in [0.25, 0.3) is 0 Å². The van der Waals surface area contributed by atoms with Crippen LogP contribution in [-0.4, -0.2) is 39.8 Å². The van der Waals surface area contributed by atoms with Crippen molar-refractivity contribution >= 4 is 37.9 Å². The molecule has 36 heavy (non-hydrogen) atoms. The van der Waals surface area contributed by atoms with Gasteiger partial charge in [-0.1, -0.05) is 41.9 Å². The number of anilines is 1.